The van der Waals surface area contributed by atoms with E-state index in [-0.39, 0.29) is 23.1 Å². The Kier molecular flexibility index (Phi) is 3.21. The molecule has 6 nitrogen and oxygen atoms in total. The number of hydrogen-bond donors (Lipinski definition) is 2. The minimum Gasteiger partial charge on any atom is -0.353 e. The normalized spacial score (nSPS) is 18.6. The Bertz CT molecular complexity index is 781. The van der Waals surface area contributed by atoms with Crippen molar-refractivity contribution in [2.75, 3.05) is 13.1 Å². The highest BCUT2D eigenvalue weighted by atomic mass is 16.2. The third-order valence-corrected chi connectivity index (χ3v) is 3.74. The van der Waals surface area contributed by atoms with Crippen molar-refractivity contribution >= 4 is 22.6 Å². The highest BCUT2D eigenvalue weighted by Gasteiger charge is 2.30. The fourth-order valence-corrected chi connectivity index (χ4v) is 2.54. The Balaban J connectivity index is 2.02. The second kappa shape index (κ2) is 5.05. The lowest BCUT2D eigenvalue weighted by Crippen LogP contribution is -2.56. The van der Waals surface area contributed by atoms with Crippen LogP contribution in [-0.2, 0) is 4.79 Å². The molecule has 0 spiro atoms. The number of fused-ring (bicyclic) bond motifs is 1. The minimum atomic E-state index is -0.541. The first-order valence-electron chi connectivity index (χ1n) is 6.78. The molecule has 2 amide bonds. The maximum atomic E-state index is 12.5. The van der Waals surface area contributed by atoms with Gasteiger partial charge in [-0.1, -0.05) is 18.2 Å². The molecule has 0 radical (unpaired) electrons. The first-order valence-corrected chi connectivity index (χ1v) is 6.78. The molecule has 1 saturated heterocycles. The van der Waals surface area contributed by atoms with Crippen LogP contribution < -0.4 is 10.9 Å². The second-order valence-corrected chi connectivity index (χ2v) is 5.06. The van der Waals surface area contributed by atoms with Crippen LogP contribution in [-0.4, -0.2) is 40.8 Å². The SMILES string of the molecule is CC1C(=O)NCCN1C(=O)c1cc2ccccc2c(=O)[nH]1. The van der Waals surface area contributed by atoms with Gasteiger partial charge in [-0.2, -0.15) is 0 Å². The number of benzene rings is 1. The third kappa shape index (κ3) is 2.29. The maximum absolute atomic E-state index is 12.5. The maximum Gasteiger partial charge on any atom is 0.271 e. The molecule has 1 aliphatic rings. The third-order valence-electron chi connectivity index (χ3n) is 3.74. The largest absolute Gasteiger partial charge is 0.353 e. The first kappa shape index (κ1) is 13.4. The molecule has 0 saturated carbocycles. The summed E-state index contributed by atoms with van der Waals surface area (Å²) in [6.07, 6.45) is 0. The van der Waals surface area contributed by atoms with Crippen molar-refractivity contribution in [1.82, 2.24) is 15.2 Å². The van der Waals surface area contributed by atoms with E-state index in [9.17, 15) is 14.4 Å². The van der Waals surface area contributed by atoms with Crippen molar-refractivity contribution in [3.8, 4) is 0 Å². The standard InChI is InChI=1S/C15H15N3O3/c1-9-13(19)16-6-7-18(9)15(21)12-8-10-4-2-3-5-11(10)14(20)17-12/h2-5,8-9H,6-7H2,1H3,(H,16,19)(H,17,20). The summed E-state index contributed by atoms with van der Waals surface area (Å²) < 4.78 is 0. The number of piperazine rings is 1. The Labute approximate surface area is 120 Å². The van der Waals surface area contributed by atoms with Crippen molar-refractivity contribution in [1.29, 1.82) is 0 Å². The molecule has 0 bridgehead atoms. The Morgan fingerprint density at radius 1 is 1.29 bits per heavy atom. The van der Waals surface area contributed by atoms with Gasteiger partial charge in [0, 0.05) is 18.5 Å². The fraction of sp³-hybridized carbons (Fsp3) is 0.267. The van der Waals surface area contributed by atoms with Gasteiger partial charge >= 0.3 is 0 Å². The van der Waals surface area contributed by atoms with E-state index in [1.165, 1.54) is 4.90 Å². The number of amides is 2. The van der Waals surface area contributed by atoms with Crippen LogP contribution in [0.15, 0.2) is 35.1 Å². The number of carbonyl (C=O) groups excluding carboxylic acids is 2. The summed E-state index contributed by atoms with van der Waals surface area (Å²) in [5, 5.41) is 3.95. The van der Waals surface area contributed by atoms with Crippen LogP contribution in [0.25, 0.3) is 10.8 Å². The molecule has 1 aromatic heterocycles. The summed E-state index contributed by atoms with van der Waals surface area (Å²) >= 11 is 0. The molecule has 1 atom stereocenters. The van der Waals surface area contributed by atoms with Crippen molar-refractivity contribution in [2.24, 2.45) is 0 Å². The van der Waals surface area contributed by atoms with E-state index in [1.807, 2.05) is 6.07 Å². The van der Waals surface area contributed by atoms with E-state index in [4.69, 9.17) is 0 Å². The predicted molar refractivity (Wildman–Crippen MR) is 78.1 cm³/mol. The average Bonchev–Trinajstić information content (AvgIpc) is 2.49. The van der Waals surface area contributed by atoms with Crippen molar-refractivity contribution in [3.05, 3.63) is 46.4 Å². The van der Waals surface area contributed by atoms with Gasteiger partial charge in [-0.15, -0.1) is 0 Å². The molecule has 6 heteroatoms. The lowest BCUT2D eigenvalue weighted by Gasteiger charge is -2.32. The molecule has 1 unspecified atom stereocenters. The average molecular weight is 285 g/mol. The zero-order chi connectivity index (χ0) is 15.0. The van der Waals surface area contributed by atoms with E-state index >= 15 is 0 Å². The molecular weight excluding hydrogens is 270 g/mol. The summed E-state index contributed by atoms with van der Waals surface area (Å²) in [6.45, 7) is 2.53. The van der Waals surface area contributed by atoms with Crippen LogP contribution in [0.1, 0.15) is 17.4 Å². The molecule has 0 aliphatic carbocycles. The van der Waals surface area contributed by atoms with Gasteiger partial charge < -0.3 is 15.2 Å². The van der Waals surface area contributed by atoms with Crippen LogP contribution >= 0.6 is 0 Å². The molecule has 1 fully saturated rings. The van der Waals surface area contributed by atoms with Crippen molar-refractivity contribution < 1.29 is 9.59 Å². The molecule has 1 aromatic carbocycles. The lowest BCUT2D eigenvalue weighted by atomic mass is 10.1. The molecule has 1 aliphatic heterocycles. The van der Waals surface area contributed by atoms with Crippen LogP contribution in [0.4, 0.5) is 0 Å². The quantitative estimate of drug-likeness (QED) is 0.800. The van der Waals surface area contributed by atoms with Gasteiger partial charge in [0.25, 0.3) is 11.5 Å². The first-order chi connectivity index (χ1) is 10.1. The van der Waals surface area contributed by atoms with E-state index in [1.54, 1.807) is 31.2 Å². The van der Waals surface area contributed by atoms with Gasteiger partial charge in [0.15, 0.2) is 0 Å². The molecule has 3 rings (SSSR count). The number of aromatic amines is 1. The van der Waals surface area contributed by atoms with E-state index < -0.39 is 6.04 Å². The number of pyridine rings is 1. The Morgan fingerprint density at radius 2 is 2.05 bits per heavy atom. The van der Waals surface area contributed by atoms with Crippen LogP contribution in [0.5, 0.6) is 0 Å². The number of nitrogens with zero attached hydrogens (tertiary/aromatic N) is 1. The molecule has 2 N–H and O–H groups in total. The van der Waals surface area contributed by atoms with E-state index in [0.717, 1.165) is 0 Å². The van der Waals surface area contributed by atoms with Gasteiger partial charge in [-0.3, -0.25) is 14.4 Å². The molecule has 2 aromatic rings. The highest BCUT2D eigenvalue weighted by molar-refractivity contribution is 5.99. The van der Waals surface area contributed by atoms with Crippen LogP contribution in [0.3, 0.4) is 0 Å². The smallest absolute Gasteiger partial charge is 0.271 e. The summed E-state index contributed by atoms with van der Waals surface area (Å²) in [4.78, 5) is 40.3. The zero-order valence-electron chi connectivity index (χ0n) is 11.6. The van der Waals surface area contributed by atoms with Crippen molar-refractivity contribution in [3.63, 3.8) is 0 Å². The molecule has 2 heterocycles. The Morgan fingerprint density at radius 3 is 2.86 bits per heavy atom. The number of nitrogens with one attached hydrogen (secondary N) is 2. The minimum absolute atomic E-state index is 0.183. The van der Waals surface area contributed by atoms with Gasteiger partial charge in [-0.25, -0.2) is 0 Å². The van der Waals surface area contributed by atoms with Crippen LogP contribution in [0.2, 0.25) is 0 Å². The summed E-state index contributed by atoms with van der Waals surface area (Å²) in [5.41, 5.74) is -0.0918. The molecule has 21 heavy (non-hydrogen) atoms. The Hall–Kier alpha value is -2.63. The fourth-order valence-electron chi connectivity index (χ4n) is 2.54. The van der Waals surface area contributed by atoms with Gasteiger partial charge in [0.2, 0.25) is 5.91 Å². The predicted octanol–water partition coefficient (Wildman–Crippen LogP) is 0.489. The van der Waals surface area contributed by atoms with Gasteiger partial charge in [0.05, 0.1) is 0 Å². The second-order valence-electron chi connectivity index (χ2n) is 5.06. The lowest BCUT2D eigenvalue weighted by molar-refractivity contribution is -0.127. The highest BCUT2D eigenvalue weighted by Crippen LogP contribution is 2.13. The van der Waals surface area contributed by atoms with Gasteiger partial charge in [-0.05, 0) is 24.4 Å². The summed E-state index contributed by atoms with van der Waals surface area (Å²) in [6, 6.07) is 8.19. The topological polar surface area (TPSA) is 82.3 Å². The molecular formula is C15H15N3O3. The number of rotatable bonds is 1. The van der Waals surface area contributed by atoms with Crippen LogP contribution in [0, 0.1) is 0 Å². The van der Waals surface area contributed by atoms with Crippen molar-refractivity contribution in [2.45, 2.75) is 13.0 Å². The van der Waals surface area contributed by atoms with Gasteiger partial charge in [0.1, 0.15) is 11.7 Å². The molecule has 108 valence electrons. The number of aromatic nitrogens is 1. The number of carbonyl (C=O) groups is 2. The monoisotopic (exact) mass is 285 g/mol. The zero-order valence-corrected chi connectivity index (χ0v) is 11.6. The summed E-state index contributed by atoms with van der Waals surface area (Å²) in [7, 11) is 0. The summed E-state index contributed by atoms with van der Waals surface area (Å²) in [5.74, 6) is -0.516. The van der Waals surface area contributed by atoms with E-state index in [2.05, 4.69) is 10.3 Å². The number of H-pyrrole nitrogens is 1. The van der Waals surface area contributed by atoms with E-state index in [0.29, 0.717) is 23.9 Å². The number of hydrogen-bond acceptors (Lipinski definition) is 3.